The molecule has 0 saturated heterocycles. The van der Waals surface area contributed by atoms with Crippen LogP contribution in [0.2, 0.25) is 0 Å². The molecule has 1 unspecified atom stereocenters. The van der Waals surface area contributed by atoms with Crippen LogP contribution < -0.4 is 0 Å². The molecule has 6 heteroatoms. The molecule has 0 amide bonds. The topological polar surface area (TPSA) is 51.9 Å². The number of carbonyl (C=O) groups is 1. The number of fused-ring (bicyclic) bond motifs is 4. The highest BCUT2D eigenvalue weighted by Gasteiger charge is 2.30. The Bertz CT molecular complexity index is 1110. The summed E-state index contributed by atoms with van der Waals surface area (Å²) in [5.74, 6) is 0. The van der Waals surface area contributed by atoms with Crippen LogP contribution in [-0.4, -0.2) is 39.4 Å². The van der Waals surface area contributed by atoms with Gasteiger partial charge in [0.2, 0.25) is 0 Å². The van der Waals surface area contributed by atoms with Crippen LogP contribution in [0.3, 0.4) is 0 Å². The van der Waals surface area contributed by atoms with Crippen LogP contribution in [0.25, 0.3) is 21.1 Å². The van der Waals surface area contributed by atoms with Gasteiger partial charge in [0.1, 0.15) is 10.5 Å². The number of rotatable bonds is 3. The SMILES string of the molecule is CC1Cc2c([nH]c3ccccc23)CN1CC(C)(C)F.O=Cc1cc2ccsc2[nH]1. The largest absolute Gasteiger partial charge is 0.357 e. The van der Waals surface area contributed by atoms with Gasteiger partial charge in [0.15, 0.2) is 6.29 Å². The maximum Gasteiger partial charge on any atom is 0.166 e. The van der Waals surface area contributed by atoms with Gasteiger partial charge >= 0.3 is 0 Å². The standard InChI is InChI=1S/C16H21FN2.C7H5NOS/c1-11-8-13-12-6-4-5-7-14(12)18-15(13)9-19(11)10-16(2,3)17;9-4-6-3-5-1-2-10-7(5)8-6/h4-7,11,18H,8-10H2,1-3H3;1-4,8H. The third-order valence-electron chi connectivity index (χ3n) is 5.36. The number of carbonyl (C=O) groups excluding carboxylic acids is 1. The number of nitrogens with zero attached hydrogens (tertiary/aromatic N) is 1. The summed E-state index contributed by atoms with van der Waals surface area (Å²) < 4.78 is 13.9. The molecule has 29 heavy (non-hydrogen) atoms. The van der Waals surface area contributed by atoms with E-state index in [-0.39, 0.29) is 0 Å². The molecule has 0 saturated carbocycles. The van der Waals surface area contributed by atoms with E-state index in [9.17, 15) is 9.18 Å². The molecule has 1 aromatic carbocycles. The molecule has 4 nitrogen and oxygen atoms in total. The number of thiophene rings is 1. The van der Waals surface area contributed by atoms with Gasteiger partial charge in [-0.15, -0.1) is 11.3 Å². The highest BCUT2D eigenvalue weighted by atomic mass is 32.1. The van der Waals surface area contributed by atoms with Crippen LogP contribution in [0.5, 0.6) is 0 Å². The second-order valence-corrected chi connectivity index (χ2v) is 9.27. The van der Waals surface area contributed by atoms with Crippen molar-refractivity contribution in [1.82, 2.24) is 14.9 Å². The van der Waals surface area contributed by atoms with E-state index in [4.69, 9.17) is 0 Å². The molecular formula is C23H26FN3OS. The zero-order valence-electron chi connectivity index (χ0n) is 17.0. The molecule has 4 heterocycles. The lowest BCUT2D eigenvalue weighted by molar-refractivity contribution is 0.0853. The number of hydrogen-bond donors (Lipinski definition) is 2. The second-order valence-electron chi connectivity index (χ2n) is 8.35. The van der Waals surface area contributed by atoms with Crippen molar-refractivity contribution in [3.63, 3.8) is 0 Å². The summed E-state index contributed by atoms with van der Waals surface area (Å²) in [4.78, 5) is 20.0. The van der Waals surface area contributed by atoms with Crippen molar-refractivity contribution in [2.45, 2.75) is 45.4 Å². The predicted molar refractivity (Wildman–Crippen MR) is 119 cm³/mol. The van der Waals surface area contributed by atoms with E-state index < -0.39 is 5.67 Å². The monoisotopic (exact) mass is 411 g/mol. The number of alkyl halides is 1. The Balaban J connectivity index is 0.000000171. The summed E-state index contributed by atoms with van der Waals surface area (Å²) in [6.07, 6.45) is 1.82. The lowest BCUT2D eigenvalue weighted by Gasteiger charge is -2.36. The van der Waals surface area contributed by atoms with E-state index in [1.54, 1.807) is 25.2 Å². The number of aromatic amines is 2. The van der Waals surface area contributed by atoms with Gasteiger partial charge in [-0.1, -0.05) is 18.2 Å². The summed E-state index contributed by atoms with van der Waals surface area (Å²) >= 11 is 1.61. The predicted octanol–water partition coefficient (Wildman–Crippen LogP) is 5.70. The Morgan fingerprint density at radius 3 is 2.79 bits per heavy atom. The fraction of sp³-hybridized carbons (Fsp3) is 0.348. The smallest absolute Gasteiger partial charge is 0.166 e. The normalized spacial score (nSPS) is 17.2. The molecule has 152 valence electrons. The first-order chi connectivity index (χ1) is 13.8. The Morgan fingerprint density at radius 1 is 1.28 bits per heavy atom. The van der Waals surface area contributed by atoms with Crippen molar-refractivity contribution >= 4 is 38.7 Å². The molecule has 0 fully saturated rings. The number of hydrogen-bond acceptors (Lipinski definition) is 3. The molecule has 4 aromatic rings. The van der Waals surface area contributed by atoms with E-state index in [2.05, 4.69) is 46.1 Å². The number of aldehydes is 1. The zero-order valence-corrected chi connectivity index (χ0v) is 17.8. The van der Waals surface area contributed by atoms with Gasteiger partial charge in [-0.2, -0.15) is 0 Å². The molecule has 1 aliphatic heterocycles. The van der Waals surface area contributed by atoms with Crippen LogP contribution in [0.1, 0.15) is 42.5 Å². The number of nitrogens with one attached hydrogen (secondary N) is 2. The molecule has 2 N–H and O–H groups in total. The minimum atomic E-state index is -1.14. The first-order valence-corrected chi connectivity index (χ1v) is 10.7. The Kier molecular flexibility index (Phi) is 5.32. The molecular weight excluding hydrogens is 385 g/mol. The lowest BCUT2D eigenvalue weighted by Crippen LogP contribution is -2.44. The average molecular weight is 412 g/mol. The minimum absolute atomic E-state index is 0.390. The summed E-state index contributed by atoms with van der Waals surface area (Å²) in [7, 11) is 0. The van der Waals surface area contributed by atoms with Crippen molar-refractivity contribution in [2.24, 2.45) is 0 Å². The number of H-pyrrole nitrogens is 2. The Morgan fingerprint density at radius 2 is 2.07 bits per heavy atom. The maximum atomic E-state index is 13.9. The molecule has 1 atom stereocenters. The van der Waals surface area contributed by atoms with Crippen LogP contribution in [0.15, 0.2) is 41.8 Å². The summed E-state index contributed by atoms with van der Waals surface area (Å²) in [5.41, 5.74) is 3.38. The van der Waals surface area contributed by atoms with Gasteiger partial charge in [-0.25, -0.2) is 4.39 Å². The highest BCUT2D eigenvalue weighted by Crippen LogP contribution is 2.31. The Hall–Kier alpha value is -2.44. The molecule has 1 aliphatic rings. The van der Waals surface area contributed by atoms with Gasteiger partial charge in [0.25, 0.3) is 0 Å². The number of halogens is 1. The van der Waals surface area contributed by atoms with Crippen LogP contribution in [-0.2, 0) is 13.0 Å². The van der Waals surface area contributed by atoms with Crippen molar-refractivity contribution in [3.05, 3.63) is 58.7 Å². The molecule has 0 bridgehead atoms. The lowest BCUT2D eigenvalue weighted by atomic mass is 9.96. The van der Waals surface area contributed by atoms with Crippen LogP contribution in [0, 0.1) is 0 Å². The third kappa shape index (κ3) is 4.28. The maximum absolute atomic E-state index is 13.9. The molecule has 3 aromatic heterocycles. The third-order valence-corrected chi connectivity index (χ3v) is 6.20. The first-order valence-electron chi connectivity index (χ1n) is 9.87. The van der Waals surface area contributed by atoms with E-state index >= 15 is 0 Å². The van der Waals surface area contributed by atoms with Crippen molar-refractivity contribution in [3.8, 4) is 0 Å². The van der Waals surface area contributed by atoms with Gasteiger partial charge in [0.05, 0.1) is 5.69 Å². The molecule has 0 aliphatic carbocycles. The number of aromatic nitrogens is 2. The van der Waals surface area contributed by atoms with Gasteiger partial charge in [0, 0.05) is 41.1 Å². The quantitative estimate of drug-likeness (QED) is 0.425. The fourth-order valence-electron chi connectivity index (χ4n) is 4.03. The van der Waals surface area contributed by atoms with E-state index in [0.717, 1.165) is 29.5 Å². The number of benzene rings is 1. The van der Waals surface area contributed by atoms with Gasteiger partial charge < -0.3 is 9.97 Å². The van der Waals surface area contributed by atoms with Crippen molar-refractivity contribution in [2.75, 3.05) is 6.54 Å². The summed E-state index contributed by atoms with van der Waals surface area (Å²) in [6.45, 7) is 6.80. The molecule has 5 rings (SSSR count). The van der Waals surface area contributed by atoms with Crippen molar-refractivity contribution < 1.29 is 9.18 Å². The highest BCUT2D eigenvalue weighted by molar-refractivity contribution is 7.16. The van der Waals surface area contributed by atoms with Gasteiger partial charge in [-0.05, 0) is 56.3 Å². The minimum Gasteiger partial charge on any atom is -0.357 e. The van der Waals surface area contributed by atoms with E-state index in [0.29, 0.717) is 18.3 Å². The molecule has 0 spiro atoms. The Labute approximate surface area is 173 Å². The fourth-order valence-corrected chi connectivity index (χ4v) is 4.83. The van der Waals surface area contributed by atoms with Gasteiger partial charge in [-0.3, -0.25) is 9.69 Å². The summed E-state index contributed by atoms with van der Waals surface area (Å²) in [6, 6.07) is 12.6. The molecule has 0 radical (unpaired) electrons. The van der Waals surface area contributed by atoms with E-state index in [1.807, 2.05) is 17.5 Å². The first kappa shape index (κ1) is 19.9. The summed E-state index contributed by atoms with van der Waals surface area (Å²) in [5, 5.41) is 4.44. The van der Waals surface area contributed by atoms with E-state index in [1.165, 1.54) is 22.2 Å². The number of para-hydroxylation sites is 1. The average Bonchev–Trinajstić information content (AvgIpc) is 3.34. The van der Waals surface area contributed by atoms with Crippen molar-refractivity contribution in [1.29, 1.82) is 0 Å². The zero-order chi connectivity index (χ0) is 20.6. The van der Waals surface area contributed by atoms with Crippen LogP contribution in [0.4, 0.5) is 4.39 Å². The van der Waals surface area contributed by atoms with Crippen LogP contribution >= 0.6 is 11.3 Å². The second kappa shape index (κ2) is 7.76.